The first-order valence-electron chi connectivity index (χ1n) is 6.57. The van der Waals surface area contributed by atoms with Gasteiger partial charge in [-0.1, -0.05) is 33.6 Å². The first-order chi connectivity index (χ1) is 7.54. The molecule has 0 radical (unpaired) electrons. The number of hydrogen-bond acceptors (Lipinski definition) is 2. The van der Waals surface area contributed by atoms with E-state index in [-0.39, 0.29) is 17.9 Å². The van der Waals surface area contributed by atoms with Crippen molar-refractivity contribution in [1.29, 1.82) is 0 Å². The molecule has 0 aromatic carbocycles. The van der Waals surface area contributed by atoms with Crippen LogP contribution >= 0.6 is 0 Å². The SMILES string of the molecule is CC[C@H](C)[C@H](N)C(=O)NCC1CCC(C)C1. The second kappa shape index (κ2) is 6.24. The van der Waals surface area contributed by atoms with Gasteiger partial charge < -0.3 is 11.1 Å². The quantitative estimate of drug-likeness (QED) is 0.752. The van der Waals surface area contributed by atoms with Crippen LogP contribution < -0.4 is 11.1 Å². The molecule has 1 amide bonds. The Morgan fingerprint density at radius 3 is 2.69 bits per heavy atom. The van der Waals surface area contributed by atoms with Gasteiger partial charge in [0.1, 0.15) is 0 Å². The zero-order chi connectivity index (χ0) is 12.1. The minimum atomic E-state index is -0.344. The van der Waals surface area contributed by atoms with E-state index in [4.69, 9.17) is 5.73 Å². The molecule has 16 heavy (non-hydrogen) atoms. The largest absolute Gasteiger partial charge is 0.354 e. The van der Waals surface area contributed by atoms with Crippen LogP contribution in [0.2, 0.25) is 0 Å². The highest BCUT2D eigenvalue weighted by atomic mass is 16.2. The minimum Gasteiger partial charge on any atom is -0.354 e. The summed E-state index contributed by atoms with van der Waals surface area (Å²) in [7, 11) is 0. The number of amides is 1. The highest BCUT2D eigenvalue weighted by Crippen LogP contribution is 2.29. The lowest BCUT2D eigenvalue weighted by atomic mass is 9.99. The van der Waals surface area contributed by atoms with Crippen molar-refractivity contribution in [3.05, 3.63) is 0 Å². The molecule has 1 aliphatic carbocycles. The van der Waals surface area contributed by atoms with E-state index in [2.05, 4.69) is 19.2 Å². The fourth-order valence-electron chi connectivity index (χ4n) is 2.39. The Morgan fingerprint density at radius 1 is 1.50 bits per heavy atom. The lowest BCUT2D eigenvalue weighted by Crippen LogP contribution is -2.45. The van der Waals surface area contributed by atoms with E-state index in [1.54, 1.807) is 0 Å². The van der Waals surface area contributed by atoms with Crippen molar-refractivity contribution in [3.8, 4) is 0 Å². The molecule has 3 N–H and O–H groups in total. The summed E-state index contributed by atoms with van der Waals surface area (Å²) in [5.41, 5.74) is 5.87. The van der Waals surface area contributed by atoms with Gasteiger partial charge in [0.05, 0.1) is 6.04 Å². The van der Waals surface area contributed by atoms with E-state index >= 15 is 0 Å². The van der Waals surface area contributed by atoms with Crippen LogP contribution in [0.15, 0.2) is 0 Å². The third-order valence-corrected chi connectivity index (χ3v) is 3.93. The summed E-state index contributed by atoms with van der Waals surface area (Å²) >= 11 is 0. The van der Waals surface area contributed by atoms with Crippen molar-refractivity contribution < 1.29 is 4.79 Å². The summed E-state index contributed by atoms with van der Waals surface area (Å²) in [5.74, 6) is 1.78. The number of nitrogens with two attached hydrogens (primary N) is 1. The van der Waals surface area contributed by atoms with Gasteiger partial charge in [0.2, 0.25) is 5.91 Å². The van der Waals surface area contributed by atoms with Crippen LogP contribution in [0, 0.1) is 17.8 Å². The van der Waals surface area contributed by atoms with E-state index in [0.29, 0.717) is 5.92 Å². The molecule has 4 atom stereocenters. The van der Waals surface area contributed by atoms with Crippen LogP contribution in [0.25, 0.3) is 0 Å². The fourth-order valence-corrected chi connectivity index (χ4v) is 2.39. The standard InChI is InChI=1S/C13H26N2O/c1-4-10(3)12(14)13(16)15-8-11-6-5-9(2)7-11/h9-12H,4-8,14H2,1-3H3,(H,15,16)/t9?,10-,11?,12-/m0/s1. The van der Waals surface area contributed by atoms with E-state index in [1.165, 1.54) is 19.3 Å². The van der Waals surface area contributed by atoms with E-state index < -0.39 is 0 Å². The molecule has 1 aliphatic rings. The van der Waals surface area contributed by atoms with Crippen molar-refractivity contribution >= 4 is 5.91 Å². The zero-order valence-corrected chi connectivity index (χ0v) is 10.8. The number of hydrogen-bond donors (Lipinski definition) is 2. The van der Waals surface area contributed by atoms with Crippen LogP contribution in [0.4, 0.5) is 0 Å². The highest BCUT2D eigenvalue weighted by molar-refractivity contribution is 5.81. The third kappa shape index (κ3) is 3.78. The van der Waals surface area contributed by atoms with Crippen LogP contribution in [0.3, 0.4) is 0 Å². The predicted molar refractivity (Wildman–Crippen MR) is 66.9 cm³/mol. The van der Waals surface area contributed by atoms with Crippen LogP contribution in [-0.4, -0.2) is 18.5 Å². The molecule has 2 unspecified atom stereocenters. The van der Waals surface area contributed by atoms with E-state index in [9.17, 15) is 4.79 Å². The number of carbonyl (C=O) groups is 1. The first kappa shape index (κ1) is 13.5. The molecule has 3 nitrogen and oxygen atoms in total. The monoisotopic (exact) mass is 226 g/mol. The summed E-state index contributed by atoms with van der Waals surface area (Å²) in [4.78, 5) is 11.7. The average Bonchev–Trinajstić information content (AvgIpc) is 2.69. The first-order valence-corrected chi connectivity index (χ1v) is 6.57. The molecule has 3 heteroatoms. The Morgan fingerprint density at radius 2 is 2.19 bits per heavy atom. The molecular weight excluding hydrogens is 200 g/mol. The number of rotatable bonds is 5. The van der Waals surface area contributed by atoms with Gasteiger partial charge in [-0.2, -0.15) is 0 Å². The molecule has 0 aliphatic heterocycles. The van der Waals surface area contributed by atoms with Crippen molar-refractivity contribution in [2.75, 3.05) is 6.54 Å². The van der Waals surface area contributed by atoms with Gasteiger partial charge in [-0.15, -0.1) is 0 Å². The van der Waals surface area contributed by atoms with Gasteiger partial charge in [-0.05, 0) is 30.6 Å². The van der Waals surface area contributed by atoms with Gasteiger partial charge in [-0.3, -0.25) is 4.79 Å². The second-order valence-electron chi connectivity index (χ2n) is 5.44. The maximum Gasteiger partial charge on any atom is 0.237 e. The van der Waals surface area contributed by atoms with Crippen LogP contribution in [0.5, 0.6) is 0 Å². The molecule has 0 spiro atoms. The Kier molecular flexibility index (Phi) is 5.26. The van der Waals surface area contributed by atoms with Crippen molar-refractivity contribution in [2.24, 2.45) is 23.5 Å². The van der Waals surface area contributed by atoms with Crippen molar-refractivity contribution in [1.82, 2.24) is 5.32 Å². The second-order valence-corrected chi connectivity index (χ2v) is 5.44. The highest BCUT2D eigenvalue weighted by Gasteiger charge is 2.24. The van der Waals surface area contributed by atoms with Crippen molar-refractivity contribution in [2.45, 2.75) is 52.5 Å². The molecular formula is C13H26N2O. The normalized spacial score (nSPS) is 28.8. The molecule has 0 aromatic rings. The van der Waals surface area contributed by atoms with Crippen molar-refractivity contribution in [3.63, 3.8) is 0 Å². The van der Waals surface area contributed by atoms with Gasteiger partial charge in [0.25, 0.3) is 0 Å². The zero-order valence-electron chi connectivity index (χ0n) is 10.8. The minimum absolute atomic E-state index is 0.0221. The van der Waals surface area contributed by atoms with E-state index in [0.717, 1.165) is 18.9 Å². The Balaban J connectivity index is 2.24. The van der Waals surface area contributed by atoms with Crippen LogP contribution in [-0.2, 0) is 4.79 Å². The smallest absolute Gasteiger partial charge is 0.237 e. The summed E-state index contributed by atoms with van der Waals surface area (Å²) in [6.07, 6.45) is 4.76. The molecule has 0 heterocycles. The number of nitrogens with one attached hydrogen (secondary N) is 1. The van der Waals surface area contributed by atoms with E-state index in [1.807, 2.05) is 6.92 Å². The molecule has 1 fully saturated rings. The Hall–Kier alpha value is -0.570. The van der Waals surface area contributed by atoms with Crippen LogP contribution in [0.1, 0.15) is 46.5 Å². The third-order valence-electron chi connectivity index (χ3n) is 3.93. The summed E-state index contributed by atoms with van der Waals surface area (Å²) in [5, 5.41) is 3.00. The maximum atomic E-state index is 11.7. The molecule has 0 saturated heterocycles. The van der Waals surface area contributed by atoms with Gasteiger partial charge >= 0.3 is 0 Å². The predicted octanol–water partition coefficient (Wildman–Crippen LogP) is 1.91. The topological polar surface area (TPSA) is 55.1 Å². The average molecular weight is 226 g/mol. The summed E-state index contributed by atoms with van der Waals surface area (Å²) in [6.45, 7) is 7.19. The molecule has 1 saturated carbocycles. The lowest BCUT2D eigenvalue weighted by molar-refractivity contribution is -0.123. The Bertz CT molecular complexity index is 230. The number of carbonyl (C=O) groups excluding carboxylic acids is 1. The Labute approximate surface area is 99.2 Å². The molecule has 1 rings (SSSR count). The summed E-state index contributed by atoms with van der Waals surface area (Å²) in [6, 6.07) is -0.344. The molecule has 94 valence electrons. The fraction of sp³-hybridized carbons (Fsp3) is 0.923. The lowest BCUT2D eigenvalue weighted by Gasteiger charge is -2.19. The van der Waals surface area contributed by atoms with Gasteiger partial charge in [-0.25, -0.2) is 0 Å². The van der Waals surface area contributed by atoms with Gasteiger partial charge in [0, 0.05) is 6.54 Å². The molecule has 0 aromatic heterocycles. The van der Waals surface area contributed by atoms with Gasteiger partial charge in [0.15, 0.2) is 0 Å². The maximum absolute atomic E-state index is 11.7. The summed E-state index contributed by atoms with van der Waals surface area (Å²) < 4.78 is 0. The molecule has 0 bridgehead atoms.